The van der Waals surface area contributed by atoms with Crippen LogP contribution < -0.4 is 10.6 Å². The molecule has 0 bridgehead atoms. The van der Waals surface area contributed by atoms with Crippen molar-refractivity contribution in [1.82, 2.24) is 19.9 Å². The zero-order valence-corrected chi connectivity index (χ0v) is 27.7. The molecule has 0 amide bonds. The summed E-state index contributed by atoms with van der Waals surface area (Å²) >= 11 is 1.50. The van der Waals surface area contributed by atoms with Gasteiger partial charge in [-0.15, -0.1) is 11.3 Å². The van der Waals surface area contributed by atoms with Crippen LogP contribution in [0.4, 0.5) is 11.8 Å². The largest absolute Gasteiger partial charge is 0.458 e. The van der Waals surface area contributed by atoms with Gasteiger partial charge < -0.3 is 30.0 Å². The molecule has 13 heteroatoms. The third-order valence-electron chi connectivity index (χ3n) is 7.68. The van der Waals surface area contributed by atoms with E-state index in [0.29, 0.717) is 47.6 Å². The summed E-state index contributed by atoms with van der Waals surface area (Å²) in [4.78, 5) is 44.7. The molecular weight excluding hydrogens is 584 g/mol. The zero-order valence-electron chi connectivity index (χ0n) is 26.9. The quantitative estimate of drug-likeness (QED) is 0.190. The van der Waals surface area contributed by atoms with Crippen molar-refractivity contribution in [2.75, 3.05) is 30.9 Å². The van der Waals surface area contributed by atoms with E-state index in [4.69, 9.17) is 29.2 Å². The van der Waals surface area contributed by atoms with Gasteiger partial charge >= 0.3 is 11.9 Å². The van der Waals surface area contributed by atoms with Crippen LogP contribution in [0.5, 0.6) is 0 Å². The number of aliphatic hydroxyl groups is 1. The number of nitrogens with one attached hydrogen (secondary N) is 2. The number of methoxy groups -OCH3 is 1. The lowest BCUT2D eigenvalue weighted by molar-refractivity contribution is -0.177. The Kier molecular flexibility index (Phi) is 10.4. The van der Waals surface area contributed by atoms with Crippen LogP contribution in [0.2, 0.25) is 0 Å². The maximum Gasteiger partial charge on any atom is 0.308 e. The molecule has 3 aromatic heterocycles. The number of aryl methyl sites for hydroxylation is 2. The second-order valence-electron chi connectivity index (χ2n) is 12.4. The molecule has 0 spiro atoms. The number of hydrogen-bond acceptors (Lipinski definition) is 13. The second-order valence-corrected chi connectivity index (χ2v) is 13.4. The first-order valence-electron chi connectivity index (χ1n) is 14.9. The van der Waals surface area contributed by atoms with Crippen molar-refractivity contribution in [2.45, 2.75) is 85.7 Å². The monoisotopic (exact) mass is 628 g/mol. The molecule has 1 saturated carbocycles. The molecule has 1 fully saturated rings. The Balaban J connectivity index is 1.82. The fourth-order valence-electron chi connectivity index (χ4n) is 5.21. The van der Waals surface area contributed by atoms with Gasteiger partial charge in [0, 0.05) is 25.8 Å². The van der Waals surface area contributed by atoms with Gasteiger partial charge in [0.15, 0.2) is 6.10 Å². The Morgan fingerprint density at radius 2 is 1.70 bits per heavy atom. The number of pyridine rings is 1. The lowest BCUT2D eigenvalue weighted by Gasteiger charge is -2.33. The van der Waals surface area contributed by atoms with Crippen LogP contribution in [0, 0.1) is 31.6 Å². The Labute approximate surface area is 262 Å². The molecule has 0 saturated heterocycles. The summed E-state index contributed by atoms with van der Waals surface area (Å²) < 4.78 is 18.2. The van der Waals surface area contributed by atoms with E-state index in [9.17, 15) is 14.7 Å². The van der Waals surface area contributed by atoms with E-state index in [1.54, 1.807) is 54.8 Å². The number of aromatic nitrogens is 4. The number of thiazole rings is 1. The average Bonchev–Trinajstić information content (AvgIpc) is 3.51. The van der Waals surface area contributed by atoms with Crippen LogP contribution in [0.1, 0.15) is 59.4 Å². The number of ether oxygens (including phenoxy) is 3. The van der Waals surface area contributed by atoms with Gasteiger partial charge in [-0.25, -0.2) is 9.97 Å². The number of rotatable bonds is 12. The first-order valence-corrected chi connectivity index (χ1v) is 15.8. The third kappa shape index (κ3) is 7.44. The number of nitrogens with zero attached hydrogens (tertiary/aromatic N) is 4. The fraction of sp³-hybridized carbons (Fsp3) is 0.613. The summed E-state index contributed by atoms with van der Waals surface area (Å²) in [6.07, 6.45) is 0.325. The van der Waals surface area contributed by atoms with Crippen LogP contribution in [-0.2, 0) is 23.8 Å². The molecule has 3 N–H and O–H groups in total. The molecular formula is C31H44N6O6S. The summed E-state index contributed by atoms with van der Waals surface area (Å²) in [6.45, 7) is 15.1. The number of fused-ring (bicyclic) bond motifs is 1. The van der Waals surface area contributed by atoms with E-state index >= 15 is 0 Å². The van der Waals surface area contributed by atoms with E-state index < -0.39 is 53.5 Å². The van der Waals surface area contributed by atoms with Crippen molar-refractivity contribution in [1.29, 1.82) is 0 Å². The van der Waals surface area contributed by atoms with Crippen molar-refractivity contribution in [3.8, 4) is 10.6 Å². The molecule has 4 atom stereocenters. The minimum absolute atomic E-state index is 0.341. The summed E-state index contributed by atoms with van der Waals surface area (Å²) in [6, 6.07) is 1.37. The Hall–Kier alpha value is -3.42. The molecule has 0 unspecified atom stereocenters. The van der Waals surface area contributed by atoms with Crippen molar-refractivity contribution < 1.29 is 28.9 Å². The molecule has 1 aliphatic rings. The maximum absolute atomic E-state index is 13.0. The molecule has 3 aromatic rings. The molecule has 3 heterocycles. The van der Waals surface area contributed by atoms with Crippen molar-refractivity contribution >= 4 is 45.3 Å². The zero-order chi connectivity index (χ0) is 32.3. The highest BCUT2D eigenvalue weighted by Crippen LogP contribution is 2.42. The SMILES string of the molecule is COCCNc1nc(C)c(-c2nc3c(C)nccc3s2)c(N[C@@H]2C[C@H](C(C)(C)O)[C@@H](OC(=O)C(C)C)[C@H]2OC(=O)C(C)C)n1. The van der Waals surface area contributed by atoms with Crippen LogP contribution in [0.25, 0.3) is 20.8 Å². The van der Waals surface area contributed by atoms with Crippen LogP contribution >= 0.6 is 11.3 Å². The van der Waals surface area contributed by atoms with Gasteiger partial charge in [-0.3, -0.25) is 14.6 Å². The molecule has 0 aromatic carbocycles. The fourth-order valence-corrected chi connectivity index (χ4v) is 6.32. The van der Waals surface area contributed by atoms with Crippen molar-refractivity contribution in [2.24, 2.45) is 17.8 Å². The Bertz CT molecular complexity index is 1490. The van der Waals surface area contributed by atoms with Gasteiger partial charge in [0.2, 0.25) is 5.95 Å². The highest BCUT2D eigenvalue weighted by molar-refractivity contribution is 7.21. The standard InChI is InChI=1S/C31H44N6O6S/c1-15(2)28(38)42-24-19(31(7,8)40)14-20(25(24)43-29(39)16(3)4)35-26-22(17(5)34-30(37-26)33-12-13-41-9)27-36-23-18(6)32-11-10-21(23)44-27/h10-11,15-16,19-20,24-25,40H,12-14H2,1-9H3,(H2,33,34,35,37)/t19-,20+,24+,25-/m0/s1. The molecule has 44 heavy (non-hydrogen) atoms. The molecule has 0 aliphatic heterocycles. The summed E-state index contributed by atoms with van der Waals surface area (Å²) in [5, 5.41) is 18.6. The van der Waals surface area contributed by atoms with E-state index in [0.717, 1.165) is 15.9 Å². The Morgan fingerprint density at radius 3 is 2.30 bits per heavy atom. The van der Waals surface area contributed by atoms with Gasteiger partial charge in [-0.1, -0.05) is 27.7 Å². The van der Waals surface area contributed by atoms with Crippen molar-refractivity contribution in [3.05, 3.63) is 23.7 Å². The van der Waals surface area contributed by atoms with E-state index in [1.165, 1.54) is 11.3 Å². The number of anilines is 2. The summed E-state index contributed by atoms with van der Waals surface area (Å²) in [5.74, 6) is -1.35. The smallest absolute Gasteiger partial charge is 0.308 e. The average molecular weight is 629 g/mol. The minimum atomic E-state index is -1.24. The van der Waals surface area contributed by atoms with Crippen LogP contribution in [0.15, 0.2) is 12.3 Å². The van der Waals surface area contributed by atoms with Gasteiger partial charge in [0.1, 0.15) is 22.4 Å². The predicted molar refractivity (Wildman–Crippen MR) is 170 cm³/mol. The second kappa shape index (κ2) is 13.7. The summed E-state index contributed by atoms with van der Waals surface area (Å²) in [7, 11) is 1.62. The Morgan fingerprint density at radius 1 is 1.05 bits per heavy atom. The van der Waals surface area contributed by atoms with Gasteiger partial charge in [0.05, 0.1) is 51.7 Å². The van der Waals surface area contributed by atoms with Crippen molar-refractivity contribution in [3.63, 3.8) is 0 Å². The molecule has 0 radical (unpaired) electrons. The predicted octanol–water partition coefficient (Wildman–Crippen LogP) is 4.53. The van der Waals surface area contributed by atoms with Crippen LogP contribution in [-0.4, -0.2) is 81.1 Å². The number of carbonyl (C=O) groups is 2. The van der Waals surface area contributed by atoms with E-state index in [1.807, 2.05) is 19.9 Å². The van der Waals surface area contributed by atoms with Gasteiger partial charge in [-0.05, 0) is 40.2 Å². The van der Waals surface area contributed by atoms with E-state index in [2.05, 4.69) is 15.6 Å². The maximum atomic E-state index is 13.0. The number of hydrogen-bond donors (Lipinski definition) is 3. The minimum Gasteiger partial charge on any atom is -0.458 e. The van der Waals surface area contributed by atoms with Crippen LogP contribution in [0.3, 0.4) is 0 Å². The molecule has 240 valence electrons. The number of carbonyl (C=O) groups excluding carboxylic acids is 2. The summed E-state index contributed by atoms with van der Waals surface area (Å²) in [5.41, 5.74) is 1.75. The molecule has 4 rings (SSSR count). The highest BCUT2D eigenvalue weighted by atomic mass is 32.1. The normalized spacial score (nSPS) is 20.4. The molecule has 1 aliphatic carbocycles. The third-order valence-corrected chi connectivity index (χ3v) is 8.72. The van der Waals surface area contributed by atoms with Gasteiger partial charge in [-0.2, -0.15) is 4.98 Å². The lowest BCUT2D eigenvalue weighted by atomic mass is 9.87. The first kappa shape index (κ1) is 33.5. The molecule has 12 nitrogen and oxygen atoms in total. The lowest BCUT2D eigenvalue weighted by Crippen LogP contribution is -2.46. The number of esters is 2. The van der Waals surface area contributed by atoms with E-state index in [-0.39, 0.29) is 0 Å². The van der Waals surface area contributed by atoms with Gasteiger partial charge in [0.25, 0.3) is 0 Å². The topological polar surface area (TPSA) is 158 Å². The first-order chi connectivity index (χ1) is 20.7. The highest BCUT2D eigenvalue weighted by Gasteiger charge is 2.53.